The van der Waals surface area contributed by atoms with Gasteiger partial charge in [0.25, 0.3) is 0 Å². The van der Waals surface area contributed by atoms with Gasteiger partial charge in [0.15, 0.2) is 0 Å². The first-order chi connectivity index (χ1) is 9.34. The highest BCUT2D eigenvalue weighted by Crippen LogP contribution is 2.29. The molecule has 2 rings (SSSR count). The number of nitrogens with zero attached hydrogens (tertiary/aromatic N) is 1. The van der Waals surface area contributed by atoms with Crippen LogP contribution in [0.5, 0.6) is 0 Å². The molecule has 20 heavy (non-hydrogen) atoms. The first-order valence-electron chi connectivity index (χ1n) is 6.70. The maximum absolute atomic E-state index is 12.7. The molecule has 6 heteroatoms. The molecule has 1 aromatic carbocycles. The van der Waals surface area contributed by atoms with Crippen molar-refractivity contribution in [2.75, 3.05) is 13.1 Å². The van der Waals surface area contributed by atoms with Crippen LogP contribution in [0.15, 0.2) is 23.1 Å². The third kappa shape index (κ3) is 3.19. The lowest BCUT2D eigenvalue weighted by Crippen LogP contribution is -2.43. The van der Waals surface area contributed by atoms with Crippen LogP contribution in [0.4, 0.5) is 0 Å². The quantitative estimate of drug-likeness (QED) is 0.927. The van der Waals surface area contributed by atoms with Crippen LogP contribution in [0.1, 0.15) is 25.0 Å². The van der Waals surface area contributed by atoms with E-state index in [9.17, 15) is 13.5 Å². The van der Waals surface area contributed by atoms with Crippen LogP contribution in [-0.4, -0.2) is 41.4 Å². The van der Waals surface area contributed by atoms with Crippen LogP contribution in [0.2, 0.25) is 0 Å². The van der Waals surface area contributed by atoms with Gasteiger partial charge in [-0.25, -0.2) is 8.42 Å². The molecule has 0 aliphatic carbocycles. The second kappa shape index (κ2) is 6.05. The summed E-state index contributed by atoms with van der Waals surface area (Å²) in [4.78, 5) is 0.276. The number of aliphatic hydroxyl groups excluding tert-OH is 1. The van der Waals surface area contributed by atoms with Gasteiger partial charge in [0.2, 0.25) is 10.0 Å². The molecular formula is C14H21NO3S2. The molecule has 0 amide bonds. The normalized spacial score (nSPS) is 24.8. The van der Waals surface area contributed by atoms with E-state index in [1.807, 2.05) is 18.7 Å². The minimum atomic E-state index is -3.47. The van der Waals surface area contributed by atoms with E-state index in [-0.39, 0.29) is 11.5 Å². The van der Waals surface area contributed by atoms with Gasteiger partial charge in [0.1, 0.15) is 0 Å². The summed E-state index contributed by atoms with van der Waals surface area (Å²) in [7, 11) is -3.47. The van der Waals surface area contributed by atoms with Gasteiger partial charge in [-0.05, 0) is 30.2 Å². The lowest BCUT2D eigenvalue weighted by molar-refractivity contribution is 0.280. The highest BCUT2D eigenvalue weighted by atomic mass is 32.2. The molecule has 2 unspecified atom stereocenters. The second-order valence-corrected chi connectivity index (χ2v) is 9.15. The molecule has 0 bridgehead atoms. The first kappa shape index (κ1) is 15.8. The SMILES string of the molecule is Cc1ccc(S(=O)(=O)N2CC(C)SC(C)C2)cc1CO. The Kier molecular flexibility index (Phi) is 4.79. The van der Waals surface area contributed by atoms with Crippen molar-refractivity contribution < 1.29 is 13.5 Å². The summed E-state index contributed by atoms with van der Waals surface area (Å²) in [6.45, 7) is 6.91. The van der Waals surface area contributed by atoms with E-state index in [2.05, 4.69) is 13.8 Å². The van der Waals surface area contributed by atoms with Crippen molar-refractivity contribution in [1.82, 2.24) is 4.31 Å². The highest BCUT2D eigenvalue weighted by molar-refractivity contribution is 8.00. The van der Waals surface area contributed by atoms with Crippen LogP contribution in [-0.2, 0) is 16.6 Å². The summed E-state index contributed by atoms with van der Waals surface area (Å²) < 4.78 is 26.9. The standard InChI is InChI=1S/C14H21NO3S2/c1-10-4-5-14(6-13(10)9-16)20(17,18)15-7-11(2)19-12(3)8-15/h4-6,11-12,16H,7-9H2,1-3H3. The number of rotatable bonds is 3. The second-order valence-electron chi connectivity index (χ2n) is 5.33. The lowest BCUT2D eigenvalue weighted by atomic mass is 10.1. The molecule has 0 radical (unpaired) electrons. The largest absolute Gasteiger partial charge is 0.392 e. The van der Waals surface area contributed by atoms with Gasteiger partial charge >= 0.3 is 0 Å². The zero-order valence-corrected chi connectivity index (χ0v) is 13.7. The van der Waals surface area contributed by atoms with Gasteiger partial charge in [-0.1, -0.05) is 19.9 Å². The molecule has 0 aromatic heterocycles. The van der Waals surface area contributed by atoms with E-state index in [0.717, 1.165) is 5.56 Å². The maximum atomic E-state index is 12.7. The van der Waals surface area contributed by atoms with Gasteiger partial charge < -0.3 is 5.11 Å². The van der Waals surface area contributed by atoms with Gasteiger partial charge in [-0.2, -0.15) is 16.1 Å². The van der Waals surface area contributed by atoms with Gasteiger partial charge in [0, 0.05) is 23.6 Å². The molecule has 1 N–H and O–H groups in total. The fourth-order valence-corrected chi connectivity index (χ4v) is 5.64. The summed E-state index contributed by atoms with van der Waals surface area (Å²) in [5.41, 5.74) is 1.57. The number of aryl methyl sites for hydroxylation is 1. The van der Waals surface area contributed by atoms with Crippen LogP contribution in [0.25, 0.3) is 0 Å². The fourth-order valence-electron chi connectivity index (χ4n) is 2.45. The zero-order valence-electron chi connectivity index (χ0n) is 12.0. The van der Waals surface area contributed by atoms with Crippen molar-refractivity contribution in [2.45, 2.75) is 42.8 Å². The van der Waals surface area contributed by atoms with Crippen LogP contribution in [0, 0.1) is 6.92 Å². The molecule has 112 valence electrons. The maximum Gasteiger partial charge on any atom is 0.243 e. The van der Waals surface area contributed by atoms with Gasteiger partial charge in [-0.3, -0.25) is 0 Å². The lowest BCUT2D eigenvalue weighted by Gasteiger charge is -2.33. The Hall–Kier alpha value is -0.560. The summed E-state index contributed by atoms with van der Waals surface area (Å²) in [6, 6.07) is 4.96. The Morgan fingerprint density at radius 1 is 1.30 bits per heavy atom. The van der Waals surface area contributed by atoms with E-state index in [1.54, 1.807) is 22.5 Å². The predicted molar refractivity (Wildman–Crippen MR) is 82.4 cm³/mol. The van der Waals surface area contributed by atoms with Crippen molar-refractivity contribution in [1.29, 1.82) is 0 Å². The molecule has 0 spiro atoms. The molecule has 1 aliphatic heterocycles. The molecular weight excluding hydrogens is 294 g/mol. The van der Waals surface area contributed by atoms with E-state index in [0.29, 0.717) is 29.2 Å². The first-order valence-corrected chi connectivity index (χ1v) is 9.09. The Bertz CT molecular complexity index is 576. The molecule has 4 nitrogen and oxygen atoms in total. The van der Waals surface area contributed by atoms with Crippen molar-refractivity contribution in [2.24, 2.45) is 0 Å². The molecule has 0 saturated carbocycles. The zero-order chi connectivity index (χ0) is 14.9. The smallest absolute Gasteiger partial charge is 0.243 e. The topological polar surface area (TPSA) is 57.6 Å². The molecule has 1 saturated heterocycles. The number of thioether (sulfide) groups is 1. The molecule has 1 heterocycles. The number of hydrogen-bond acceptors (Lipinski definition) is 4. The fraction of sp³-hybridized carbons (Fsp3) is 0.571. The molecule has 2 atom stereocenters. The average molecular weight is 315 g/mol. The Morgan fingerprint density at radius 2 is 1.90 bits per heavy atom. The summed E-state index contributed by atoms with van der Waals surface area (Å²) in [6.07, 6.45) is 0. The molecule has 1 aliphatic rings. The average Bonchev–Trinajstić information content (AvgIpc) is 2.37. The molecule has 1 fully saturated rings. The summed E-state index contributed by atoms with van der Waals surface area (Å²) in [5, 5.41) is 9.90. The minimum absolute atomic E-state index is 0.141. The van der Waals surface area contributed by atoms with Gasteiger partial charge in [-0.15, -0.1) is 0 Å². The highest BCUT2D eigenvalue weighted by Gasteiger charge is 2.32. The van der Waals surface area contributed by atoms with Crippen molar-refractivity contribution in [3.63, 3.8) is 0 Å². The van der Waals surface area contributed by atoms with Crippen LogP contribution in [0.3, 0.4) is 0 Å². The van der Waals surface area contributed by atoms with E-state index in [4.69, 9.17) is 0 Å². The Labute approximate surface area is 125 Å². The van der Waals surface area contributed by atoms with Crippen molar-refractivity contribution in [3.05, 3.63) is 29.3 Å². The minimum Gasteiger partial charge on any atom is -0.392 e. The van der Waals surface area contributed by atoms with Crippen LogP contribution >= 0.6 is 11.8 Å². The number of hydrogen-bond donors (Lipinski definition) is 1. The third-order valence-electron chi connectivity index (χ3n) is 3.51. The number of aliphatic hydroxyl groups is 1. The van der Waals surface area contributed by atoms with Crippen molar-refractivity contribution >= 4 is 21.8 Å². The van der Waals surface area contributed by atoms with Gasteiger partial charge in [0.05, 0.1) is 11.5 Å². The predicted octanol–water partition coefficient (Wildman–Crippen LogP) is 2.00. The Balaban J connectivity index is 2.34. The van der Waals surface area contributed by atoms with E-state index < -0.39 is 10.0 Å². The summed E-state index contributed by atoms with van der Waals surface area (Å²) >= 11 is 1.82. The number of benzene rings is 1. The van der Waals surface area contributed by atoms with E-state index >= 15 is 0 Å². The van der Waals surface area contributed by atoms with Crippen molar-refractivity contribution in [3.8, 4) is 0 Å². The van der Waals surface area contributed by atoms with E-state index in [1.165, 1.54) is 0 Å². The molecule has 1 aromatic rings. The monoisotopic (exact) mass is 315 g/mol. The Morgan fingerprint density at radius 3 is 2.45 bits per heavy atom. The summed E-state index contributed by atoms with van der Waals surface area (Å²) in [5.74, 6) is 0. The third-order valence-corrected chi connectivity index (χ3v) is 6.57. The number of sulfonamides is 1. The van der Waals surface area contributed by atoms with Crippen LogP contribution < -0.4 is 0 Å².